The maximum atomic E-state index is 4.39. The van der Waals surface area contributed by atoms with Crippen LogP contribution in [-0.2, 0) is 0 Å². The zero-order chi connectivity index (χ0) is 10.3. The van der Waals surface area contributed by atoms with Gasteiger partial charge in [-0.05, 0) is 62.9 Å². The summed E-state index contributed by atoms with van der Waals surface area (Å²) in [6, 6.07) is 4.26. The zero-order valence-corrected chi connectivity index (χ0v) is 11.1. The van der Waals surface area contributed by atoms with Crippen molar-refractivity contribution in [3.63, 3.8) is 0 Å². The van der Waals surface area contributed by atoms with Crippen molar-refractivity contribution in [2.75, 3.05) is 0 Å². The molecule has 2 aromatic rings. The molecule has 0 amide bonds. The lowest BCUT2D eigenvalue weighted by Crippen LogP contribution is -1.87. The molecule has 1 aromatic carbocycles. The molecule has 0 saturated heterocycles. The van der Waals surface area contributed by atoms with Crippen LogP contribution >= 0.6 is 31.9 Å². The van der Waals surface area contributed by atoms with Gasteiger partial charge in [-0.25, -0.2) is 0 Å². The SMILES string of the molecule is Cc1cc(C)c2c(Br)c(Br)cnc2c1. The van der Waals surface area contributed by atoms with Gasteiger partial charge in [0.15, 0.2) is 0 Å². The summed E-state index contributed by atoms with van der Waals surface area (Å²) in [6.07, 6.45) is 1.82. The molecule has 1 nitrogen and oxygen atoms in total. The second-order valence-corrected chi connectivity index (χ2v) is 5.04. The summed E-state index contributed by atoms with van der Waals surface area (Å²) in [5, 5.41) is 1.19. The van der Waals surface area contributed by atoms with Gasteiger partial charge in [-0.3, -0.25) is 4.98 Å². The fourth-order valence-electron chi connectivity index (χ4n) is 1.63. The number of fused-ring (bicyclic) bond motifs is 1. The first-order valence-electron chi connectivity index (χ1n) is 4.30. The summed E-state index contributed by atoms with van der Waals surface area (Å²) in [4.78, 5) is 4.39. The van der Waals surface area contributed by atoms with Crippen molar-refractivity contribution in [3.8, 4) is 0 Å². The Morgan fingerprint density at radius 1 is 1.14 bits per heavy atom. The Labute approximate surface area is 99.8 Å². The third-order valence-corrected chi connectivity index (χ3v) is 4.16. The zero-order valence-electron chi connectivity index (χ0n) is 7.94. The molecule has 0 aliphatic rings. The van der Waals surface area contributed by atoms with Gasteiger partial charge in [-0.1, -0.05) is 6.07 Å². The Hall–Kier alpha value is -0.410. The second-order valence-electron chi connectivity index (χ2n) is 3.40. The highest BCUT2D eigenvalue weighted by Crippen LogP contribution is 2.32. The van der Waals surface area contributed by atoms with Gasteiger partial charge >= 0.3 is 0 Å². The van der Waals surface area contributed by atoms with Gasteiger partial charge in [0.25, 0.3) is 0 Å². The van der Waals surface area contributed by atoms with Crippen LogP contribution in [0, 0.1) is 13.8 Å². The van der Waals surface area contributed by atoms with E-state index >= 15 is 0 Å². The molecule has 1 aromatic heterocycles. The van der Waals surface area contributed by atoms with E-state index in [-0.39, 0.29) is 0 Å². The molecule has 1 heterocycles. The first-order valence-corrected chi connectivity index (χ1v) is 5.89. The summed E-state index contributed by atoms with van der Waals surface area (Å²) >= 11 is 7.03. The first kappa shape index (κ1) is 10.1. The summed E-state index contributed by atoms with van der Waals surface area (Å²) < 4.78 is 2.08. The van der Waals surface area contributed by atoms with E-state index in [4.69, 9.17) is 0 Å². The fourth-order valence-corrected chi connectivity index (χ4v) is 2.55. The van der Waals surface area contributed by atoms with Crippen LogP contribution in [0.4, 0.5) is 0 Å². The van der Waals surface area contributed by atoms with E-state index in [2.05, 4.69) is 62.8 Å². The van der Waals surface area contributed by atoms with Gasteiger partial charge in [0, 0.05) is 16.1 Å². The van der Waals surface area contributed by atoms with Crippen molar-refractivity contribution in [3.05, 3.63) is 38.4 Å². The van der Waals surface area contributed by atoms with Crippen molar-refractivity contribution >= 4 is 42.8 Å². The van der Waals surface area contributed by atoms with Gasteiger partial charge in [-0.15, -0.1) is 0 Å². The number of hydrogen-bond acceptors (Lipinski definition) is 1. The van der Waals surface area contributed by atoms with E-state index in [1.165, 1.54) is 16.5 Å². The number of aromatic nitrogens is 1. The Morgan fingerprint density at radius 2 is 1.86 bits per heavy atom. The number of halogens is 2. The van der Waals surface area contributed by atoms with Crippen LogP contribution in [0.2, 0.25) is 0 Å². The molecule has 2 rings (SSSR count). The Bertz CT molecular complexity index is 506. The minimum absolute atomic E-state index is 0.997. The Kier molecular flexibility index (Phi) is 2.62. The molecule has 0 N–H and O–H groups in total. The van der Waals surface area contributed by atoms with Crippen molar-refractivity contribution in [2.24, 2.45) is 0 Å². The van der Waals surface area contributed by atoms with Gasteiger partial charge in [0.1, 0.15) is 0 Å². The predicted octanol–water partition coefficient (Wildman–Crippen LogP) is 4.38. The van der Waals surface area contributed by atoms with E-state index in [0.29, 0.717) is 0 Å². The van der Waals surface area contributed by atoms with Gasteiger partial charge in [0.05, 0.1) is 9.99 Å². The largest absolute Gasteiger partial charge is 0.255 e. The topological polar surface area (TPSA) is 12.9 Å². The maximum Gasteiger partial charge on any atom is 0.0719 e. The monoisotopic (exact) mass is 313 g/mol. The highest BCUT2D eigenvalue weighted by molar-refractivity contribution is 9.13. The molecular weight excluding hydrogens is 306 g/mol. The average molecular weight is 315 g/mol. The summed E-state index contributed by atoms with van der Waals surface area (Å²) in [5.41, 5.74) is 3.54. The predicted molar refractivity (Wildman–Crippen MR) is 66.6 cm³/mol. The minimum atomic E-state index is 0.997. The first-order chi connectivity index (χ1) is 6.59. The van der Waals surface area contributed by atoms with Gasteiger partial charge in [0.2, 0.25) is 0 Å². The molecule has 0 atom stereocenters. The molecule has 72 valence electrons. The van der Waals surface area contributed by atoms with Crippen molar-refractivity contribution in [1.82, 2.24) is 4.98 Å². The lowest BCUT2D eigenvalue weighted by Gasteiger charge is -2.06. The van der Waals surface area contributed by atoms with E-state index in [0.717, 1.165) is 14.5 Å². The van der Waals surface area contributed by atoms with E-state index < -0.39 is 0 Å². The fraction of sp³-hybridized carbons (Fsp3) is 0.182. The normalized spacial score (nSPS) is 10.9. The van der Waals surface area contributed by atoms with Crippen LogP contribution in [0.25, 0.3) is 10.9 Å². The molecule has 0 radical (unpaired) electrons. The summed E-state index contributed by atoms with van der Waals surface area (Å²) in [5.74, 6) is 0. The number of benzene rings is 1. The lowest BCUT2D eigenvalue weighted by atomic mass is 10.1. The lowest BCUT2D eigenvalue weighted by molar-refractivity contribution is 1.33. The molecule has 0 saturated carbocycles. The quantitative estimate of drug-likeness (QED) is 0.703. The third-order valence-electron chi connectivity index (χ3n) is 2.21. The van der Waals surface area contributed by atoms with E-state index in [1.807, 2.05) is 6.20 Å². The number of rotatable bonds is 0. The van der Waals surface area contributed by atoms with Crippen LogP contribution < -0.4 is 0 Å². The molecule has 0 bridgehead atoms. The molecule has 0 spiro atoms. The van der Waals surface area contributed by atoms with E-state index in [9.17, 15) is 0 Å². The summed E-state index contributed by atoms with van der Waals surface area (Å²) in [7, 11) is 0. The van der Waals surface area contributed by atoms with Crippen LogP contribution in [0.15, 0.2) is 27.3 Å². The molecule has 0 fully saturated rings. The molecule has 0 aliphatic carbocycles. The molecule has 0 unspecified atom stereocenters. The number of aryl methyl sites for hydroxylation is 2. The maximum absolute atomic E-state index is 4.39. The molecular formula is C11H9Br2N. The minimum Gasteiger partial charge on any atom is -0.255 e. The van der Waals surface area contributed by atoms with Crippen LogP contribution in [-0.4, -0.2) is 4.98 Å². The average Bonchev–Trinajstić information content (AvgIpc) is 2.10. The van der Waals surface area contributed by atoms with Crippen molar-refractivity contribution in [1.29, 1.82) is 0 Å². The highest BCUT2D eigenvalue weighted by Gasteiger charge is 2.07. The molecule has 0 aliphatic heterocycles. The number of nitrogens with zero attached hydrogens (tertiary/aromatic N) is 1. The second kappa shape index (κ2) is 3.63. The van der Waals surface area contributed by atoms with Crippen molar-refractivity contribution in [2.45, 2.75) is 13.8 Å². The number of hydrogen-bond donors (Lipinski definition) is 0. The van der Waals surface area contributed by atoms with Gasteiger partial charge in [-0.2, -0.15) is 0 Å². The summed E-state index contributed by atoms with van der Waals surface area (Å²) in [6.45, 7) is 4.19. The van der Waals surface area contributed by atoms with Crippen molar-refractivity contribution < 1.29 is 0 Å². The van der Waals surface area contributed by atoms with E-state index in [1.54, 1.807) is 0 Å². The van der Waals surface area contributed by atoms with Crippen LogP contribution in [0.1, 0.15) is 11.1 Å². The smallest absolute Gasteiger partial charge is 0.0719 e. The van der Waals surface area contributed by atoms with Crippen LogP contribution in [0.5, 0.6) is 0 Å². The standard InChI is InChI=1S/C11H9Br2N/c1-6-3-7(2)10-9(4-6)14-5-8(12)11(10)13/h3-5H,1-2H3. The Morgan fingerprint density at radius 3 is 2.57 bits per heavy atom. The Balaban J connectivity index is 2.95. The van der Waals surface area contributed by atoms with Gasteiger partial charge < -0.3 is 0 Å². The molecule has 14 heavy (non-hydrogen) atoms. The molecule has 3 heteroatoms. The third kappa shape index (κ3) is 1.59. The number of pyridine rings is 1. The highest BCUT2D eigenvalue weighted by atomic mass is 79.9. The van der Waals surface area contributed by atoms with Crippen LogP contribution in [0.3, 0.4) is 0 Å².